The van der Waals surface area contributed by atoms with Gasteiger partial charge in [-0.25, -0.2) is 8.78 Å². The van der Waals surface area contributed by atoms with Gasteiger partial charge in [0, 0.05) is 30.7 Å². The second kappa shape index (κ2) is 7.32. The fourth-order valence-electron chi connectivity index (χ4n) is 3.16. The second-order valence-corrected chi connectivity index (χ2v) is 6.32. The Bertz CT molecular complexity index is 436. The predicted octanol–water partition coefficient (Wildman–Crippen LogP) is 3.88. The summed E-state index contributed by atoms with van der Waals surface area (Å²) in [5.74, 6) is -1.01. The molecule has 0 aliphatic carbocycles. The third-order valence-electron chi connectivity index (χ3n) is 4.37. The molecule has 1 saturated heterocycles. The first-order chi connectivity index (χ1) is 9.97. The molecule has 0 amide bonds. The summed E-state index contributed by atoms with van der Waals surface area (Å²) in [4.78, 5) is 2.32. The molecule has 0 saturated carbocycles. The van der Waals surface area contributed by atoms with E-state index in [1.807, 2.05) is 6.92 Å². The van der Waals surface area contributed by atoms with E-state index in [1.54, 1.807) is 0 Å². The lowest BCUT2D eigenvalue weighted by atomic mass is 10.0. The van der Waals surface area contributed by atoms with Gasteiger partial charge in [-0.05, 0) is 57.9 Å². The van der Waals surface area contributed by atoms with Crippen LogP contribution in [0.5, 0.6) is 0 Å². The molecule has 2 nitrogen and oxygen atoms in total. The van der Waals surface area contributed by atoms with E-state index in [0.29, 0.717) is 17.6 Å². The molecule has 21 heavy (non-hydrogen) atoms. The lowest BCUT2D eigenvalue weighted by Gasteiger charge is -2.37. The Kier molecular flexibility index (Phi) is 5.71. The van der Waals surface area contributed by atoms with Crippen molar-refractivity contribution in [3.63, 3.8) is 0 Å². The van der Waals surface area contributed by atoms with Crippen molar-refractivity contribution in [1.29, 1.82) is 0 Å². The molecule has 118 valence electrons. The molecule has 0 spiro atoms. The first kappa shape index (κ1) is 16.4. The smallest absolute Gasteiger partial charge is 0.126 e. The number of rotatable bonds is 5. The number of hydrogen-bond acceptors (Lipinski definition) is 2. The molecular weight excluding hydrogens is 270 g/mol. The minimum Gasteiger partial charge on any atom is -0.313 e. The molecule has 1 fully saturated rings. The van der Waals surface area contributed by atoms with Crippen LogP contribution >= 0.6 is 0 Å². The molecule has 1 aliphatic heterocycles. The lowest BCUT2D eigenvalue weighted by molar-refractivity contribution is 0.137. The van der Waals surface area contributed by atoms with E-state index in [9.17, 15) is 8.78 Å². The van der Waals surface area contributed by atoms with Crippen LogP contribution in [0.3, 0.4) is 0 Å². The maximum atomic E-state index is 13.4. The monoisotopic (exact) mass is 296 g/mol. The van der Waals surface area contributed by atoms with E-state index in [-0.39, 0.29) is 6.04 Å². The lowest BCUT2D eigenvalue weighted by Crippen LogP contribution is -2.46. The molecule has 1 N–H and O–H groups in total. The van der Waals surface area contributed by atoms with E-state index in [0.717, 1.165) is 19.2 Å². The molecule has 1 aromatic carbocycles. The summed E-state index contributed by atoms with van der Waals surface area (Å²) in [6, 6.07) is 4.61. The van der Waals surface area contributed by atoms with Gasteiger partial charge in [-0.3, -0.25) is 4.90 Å². The van der Waals surface area contributed by atoms with E-state index < -0.39 is 11.6 Å². The maximum Gasteiger partial charge on any atom is 0.126 e. The molecule has 1 aliphatic rings. The zero-order chi connectivity index (χ0) is 15.4. The van der Waals surface area contributed by atoms with Gasteiger partial charge in [0.25, 0.3) is 0 Å². The highest BCUT2D eigenvalue weighted by atomic mass is 19.1. The standard InChI is InChI=1S/C17H26F2N2/c1-12(2)21(11-17-6-4-5-7-20-17)13(3)14-8-15(18)10-16(19)9-14/h8-10,12-13,17,20H,4-7,11H2,1-3H3. The summed E-state index contributed by atoms with van der Waals surface area (Å²) in [6.07, 6.45) is 3.67. The highest BCUT2D eigenvalue weighted by molar-refractivity contribution is 5.21. The van der Waals surface area contributed by atoms with Crippen LogP contribution in [-0.2, 0) is 0 Å². The zero-order valence-electron chi connectivity index (χ0n) is 13.2. The summed E-state index contributed by atoms with van der Waals surface area (Å²) < 4.78 is 26.9. The normalized spacial score (nSPS) is 21.0. The van der Waals surface area contributed by atoms with Gasteiger partial charge >= 0.3 is 0 Å². The van der Waals surface area contributed by atoms with Crippen molar-refractivity contribution in [3.8, 4) is 0 Å². The fraction of sp³-hybridized carbons (Fsp3) is 0.647. The molecule has 4 heteroatoms. The van der Waals surface area contributed by atoms with Crippen LogP contribution in [0.4, 0.5) is 8.78 Å². The Labute approximate surface area is 126 Å². The SMILES string of the molecule is CC(C)N(CC1CCCCN1)C(C)c1cc(F)cc(F)c1. The number of piperidine rings is 1. The Hall–Kier alpha value is -1.00. The molecule has 1 aromatic rings. The predicted molar refractivity (Wildman–Crippen MR) is 82.3 cm³/mol. The van der Waals surface area contributed by atoms with Gasteiger partial charge in [-0.1, -0.05) is 6.42 Å². The van der Waals surface area contributed by atoms with E-state index >= 15 is 0 Å². The van der Waals surface area contributed by atoms with Gasteiger partial charge < -0.3 is 5.32 Å². The van der Waals surface area contributed by atoms with Crippen LogP contribution in [0.2, 0.25) is 0 Å². The van der Waals surface area contributed by atoms with Crippen molar-refractivity contribution in [3.05, 3.63) is 35.4 Å². The average Bonchev–Trinajstić information content (AvgIpc) is 2.44. The summed E-state index contributed by atoms with van der Waals surface area (Å²) >= 11 is 0. The molecule has 0 radical (unpaired) electrons. The number of benzene rings is 1. The van der Waals surface area contributed by atoms with Gasteiger partial charge in [0.15, 0.2) is 0 Å². The van der Waals surface area contributed by atoms with Gasteiger partial charge in [0.1, 0.15) is 11.6 Å². The van der Waals surface area contributed by atoms with E-state index in [1.165, 1.54) is 31.4 Å². The van der Waals surface area contributed by atoms with Crippen LogP contribution in [0, 0.1) is 11.6 Å². The van der Waals surface area contributed by atoms with Crippen molar-refractivity contribution in [1.82, 2.24) is 10.2 Å². The molecule has 1 heterocycles. The second-order valence-electron chi connectivity index (χ2n) is 6.32. The largest absolute Gasteiger partial charge is 0.313 e. The van der Waals surface area contributed by atoms with Gasteiger partial charge in [-0.15, -0.1) is 0 Å². The Morgan fingerprint density at radius 3 is 2.33 bits per heavy atom. The molecule has 2 atom stereocenters. The maximum absolute atomic E-state index is 13.4. The van der Waals surface area contributed by atoms with E-state index in [2.05, 4.69) is 24.1 Å². The summed E-state index contributed by atoms with van der Waals surface area (Å²) in [6.45, 7) is 8.28. The Morgan fingerprint density at radius 1 is 1.14 bits per heavy atom. The minimum atomic E-state index is -0.503. The van der Waals surface area contributed by atoms with Gasteiger partial charge in [-0.2, -0.15) is 0 Å². The van der Waals surface area contributed by atoms with Crippen LogP contribution < -0.4 is 5.32 Å². The molecule has 2 unspecified atom stereocenters. The minimum absolute atomic E-state index is 0.000994. The summed E-state index contributed by atoms with van der Waals surface area (Å²) in [7, 11) is 0. The molecule has 2 rings (SSSR count). The van der Waals surface area contributed by atoms with Gasteiger partial charge in [0.05, 0.1) is 0 Å². The topological polar surface area (TPSA) is 15.3 Å². The number of halogens is 2. The first-order valence-electron chi connectivity index (χ1n) is 7.92. The third-order valence-corrected chi connectivity index (χ3v) is 4.37. The van der Waals surface area contributed by atoms with Crippen LogP contribution in [0.15, 0.2) is 18.2 Å². The van der Waals surface area contributed by atoms with Crippen molar-refractivity contribution < 1.29 is 8.78 Å². The van der Waals surface area contributed by atoms with Crippen LogP contribution in [-0.4, -0.2) is 30.1 Å². The number of nitrogens with one attached hydrogen (secondary N) is 1. The van der Waals surface area contributed by atoms with Crippen molar-refractivity contribution >= 4 is 0 Å². The highest BCUT2D eigenvalue weighted by Crippen LogP contribution is 2.25. The number of hydrogen-bond donors (Lipinski definition) is 1. The molecule has 0 bridgehead atoms. The van der Waals surface area contributed by atoms with Gasteiger partial charge in [0.2, 0.25) is 0 Å². The number of nitrogens with zero attached hydrogens (tertiary/aromatic N) is 1. The van der Waals surface area contributed by atoms with Crippen LogP contribution in [0.1, 0.15) is 51.6 Å². The van der Waals surface area contributed by atoms with Crippen molar-refractivity contribution in [2.45, 2.75) is 58.2 Å². The quantitative estimate of drug-likeness (QED) is 0.887. The molecule has 0 aromatic heterocycles. The Morgan fingerprint density at radius 2 is 1.81 bits per heavy atom. The molecular formula is C17H26F2N2. The zero-order valence-corrected chi connectivity index (χ0v) is 13.2. The summed E-state index contributed by atoms with van der Waals surface area (Å²) in [5, 5.41) is 3.54. The fourth-order valence-corrected chi connectivity index (χ4v) is 3.16. The van der Waals surface area contributed by atoms with Crippen LogP contribution in [0.25, 0.3) is 0 Å². The Balaban J connectivity index is 2.12. The van der Waals surface area contributed by atoms with Crippen molar-refractivity contribution in [2.24, 2.45) is 0 Å². The van der Waals surface area contributed by atoms with Crippen molar-refractivity contribution in [2.75, 3.05) is 13.1 Å². The summed E-state index contributed by atoms with van der Waals surface area (Å²) in [5.41, 5.74) is 0.706. The first-order valence-corrected chi connectivity index (χ1v) is 7.92. The average molecular weight is 296 g/mol. The third kappa shape index (κ3) is 4.48. The van der Waals surface area contributed by atoms with E-state index in [4.69, 9.17) is 0 Å². The highest BCUT2D eigenvalue weighted by Gasteiger charge is 2.24.